The van der Waals surface area contributed by atoms with E-state index in [1.165, 1.54) is 0 Å². The van der Waals surface area contributed by atoms with Gasteiger partial charge in [-0.2, -0.15) is 0 Å². The zero-order valence-corrected chi connectivity index (χ0v) is 17.4. The number of benzene rings is 1. The molecule has 0 saturated carbocycles. The van der Waals surface area contributed by atoms with E-state index in [0.29, 0.717) is 25.6 Å². The maximum atomic E-state index is 11.4. The van der Waals surface area contributed by atoms with Crippen molar-refractivity contribution in [1.29, 1.82) is 0 Å². The highest BCUT2D eigenvalue weighted by Crippen LogP contribution is 2.13. The molecule has 8 heteroatoms. The third-order valence-electron chi connectivity index (χ3n) is 3.32. The van der Waals surface area contributed by atoms with Crippen LogP contribution in [0.1, 0.15) is 33.3 Å². The van der Waals surface area contributed by atoms with Gasteiger partial charge in [-0.3, -0.25) is 4.99 Å². The van der Waals surface area contributed by atoms with Gasteiger partial charge in [0.1, 0.15) is 11.9 Å². The van der Waals surface area contributed by atoms with Gasteiger partial charge >= 0.3 is 0 Å². The number of aryl methyl sites for hydroxylation is 1. The molecule has 1 rings (SSSR count). The number of hydrogen-bond acceptors (Lipinski definition) is 4. The third-order valence-corrected chi connectivity index (χ3v) is 4.25. The van der Waals surface area contributed by atoms with Crippen LogP contribution in [-0.4, -0.2) is 51.9 Å². The van der Waals surface area contributed by atoms with Crippen molar-refractivity contribution in [3.05, 3.63) is 29.8 Å². The van der Waals surface area contributed by atoms with Gasteiger partial charge in [-0.1, -0.05) is 12.1 Å². The summed E-state index contributed by atoms with van der Waals surface area (Å²) in [5.74, 6) is 1.45. The molecule has 1 atom stereocenters. The summed E-state index contributed by atoms with van der Waals surface area (Å²) in [6.45, 7) is 11.2. The molecule has 1 aromatic carbocycles. The Balaban J connectivity index is 2.61. The van der Waals surface area contributed by atoms with E-state index in [4.69, 9.17) is 4.74 Å². The summed E-state index contributed by atoms with van der Waals surface area (Å²) < 4.78 is 31.3. The summed E-state index contributed by atoms with van der Waals surface area (Å²) in [4.78, 5) is 4.47. The maximum absolute atomic E-state index is 11.4. The topological polar surface area (TPSA) is 91.8 Å². The van der Waals surface area contributed by atoms with Gasteiger partial charge in [0.25, 0.3) is 0 Å². The first-order chi connectivity index (χ1) is 12.0. The molecule has 0 fully saturated rings. The second kappa shape index (κ2) is 9.78. The van der Waals surface area contributed by atoms with Crippen LogP contribution >= 0.6 is 0 Å². The molecule has 26 heavy (non-hydrogen) atoms. The average Bonchev–Trinajstić information content (AvgIpc) is 2.47. The van der Waals surface area contributed by atoms with Gasteiger partial charge in [-0.05, 0) is 52.3 Å². The van der Waals surface area contributed by atoms with E-state index in [9.17, 15) is 8.42 Å². The third kappa shape index (κ3) is 9.62. The first-order valence-electron chi connectivity index (χ1n) is 8.75. The van der Waals surface area contributed by atoms with Crippen LogP contribution in [0.25, 0.3) is 0 Å². The highest BCUT2D eigenvalue weighted by molar-refractivity contribution is 7.88. The fourth-order valence-corrected chi connectivity index (χ4v) is 3.42. The fraction of sp³-hybridized carbons (Fsp3) is 0.611. The molecule has 0 aliphatic carbocycles. The number of aliphatic imine (C=N–C) groups is 1. The number of sulfonamides is 1. The monoisotopic (exact) mass is 384 g/mol. The SMILES string of the molecule is CCNC(=NCC(C)(C)NS(C)(=O)=O)NCC(C)Oc1cccc(C)c1. The number of hydrogen-bond donors (Lipinski definition) is 3. The Morgan fingerprint density at radius 3 is 2.58 bits per heavy atom. The molecule has 0 radical (unpaired) electrons. The van der Waals surface area contributed by atoms with Crippen LogP contribution in [-0.2, 0) is 10.0 Å². The smallest absolute Gasteiger partial charge is 0.209 e. The van der Waals surface area contributed by atoms with E-state index in [1.54, 1.807) is 13.8 Å². The molecular weight excluding hydrogens is 352 g/mol. The first-order valence-corrected chi connectivity index (χ1v) is 10.6. The van der Waals surface area contributed by atoms with Crippen molar-refractivity contribution < 1.29 is 13.2 Å². The molecule has 0 aliphatic heterocycles. The van der Waals surface area contributed by atoms with E-state index in [0.717, 1.165) is 17.6 Å². The standard InChI is InChI=1S/C18H32N4O3S/c1-7-19-17(21-13-18(4,5)22-26(6,23)24)20-12-15(3)25-16-10-8-9-14(2)11-16/h8-11,15,22H,7,12-13H2,1-6H3,(H2,19,20,21). The number of rotatable bonds is 9. The van der Waals surface area contributed by atoms with E-state index in [2.05, 4.69) is 20.3 Å². The summed E-state index contributed by atoms with van der Waals surface area (Å²) in [6, 6.07) is 7.92. The number of nitrogens with zero attached hydrogens (tertiary/aromatic N) is 1. The Labute approximate surface area is 157 Å². The molecule has 0 aliphatic rings. The molecule has 0 amide bonds. The Morgan fingerprint density at radius 2 is 2.00 bits per heavy atom. The van der Waals surface area contributed by atoms with Crippen molar-refractivity contribution in [2.75, 3.05) is 25.9 Å². The van der Waals surface area contributed by atoms with Crippen molar-refractivity contribution in [2.45, 2.75) is 46.3 Å². The molecule has 0 aromatic heterocycles. The normalized spacial score (nSPS) is 14.0. The molecule has 7 nitrogen and oxygen atoms in total. The van der Waals surface area contributed by atoms with E-state index >= 15 is 0 Å². The minimum atomic E-state index is -3.29. The van der Waals surface area contributed by atoms with E-state index in [-0.39, 0.29) is 6.10 Å². The second-order valence-corrected chi connectivity index (χ2v) is 8.83. The van der Waals surface area contributed by atoms with Gasteiger partial charge in [0, 0.05) is 12.1 Å². The maximum Gasteiger partial charge on any atom is 0.209 e. The summed E-state index contributed by atoms with van der Waals surface area (Å²) >= 11 is 0. The van der Waals surface area contributed by atoms with Crippen LogP contribution in [0.2, 0.25) is 0 Å². The summed E-state index contributed by atoms with van der Waals surface area (Å²) in [6.07, 6.45) is 1.09. The molecule has 0 spiro atoms. The molecule has 0 saturated heterocycles. The summed E-state index contributed by atoms with van der Waals surface area (Å²) in [5, 5.41) is 6.38. The first kappa shape index (κ1) is 22.2. The molecule has 148 valence electrons. The quantitative estimate of drug-likeness (QED) is 0.445. The Morgan fingerprint density at radius 1 is 1.31 bits per heavy atom. The van der Waals surface area contributed by atoms with Crippen molar-refractivity contribution >= 4 is 16.0 Å². The van der Waals surface area contributed by atoms with Crippen LogP contribution in [0.5, 0.6) is 5.75 Å². The molecule has 3 N–H and O–H groups in total. The lowest BCUT2D eigenvalue weighted by molar-refractivity contribution is 0.223. The minimum Gasteiger partial charge on any atom is -0.489 e. The molecule has 0 bridgehead atoms. The number of guanidine groups is 1. The lowest BCUT2D eigenvalue weighted by atomic mass is 10.1. The number of ether oxygens (including phenoxy) is 1. The average molecular weight is 385 g/mol. The van der Waals surface area contributed by atoms with Crippen LogP contribution < -0.4 is 20.1 Å². The Hall–Kier alpha value is -1.80. The Bertz CT molecular complexity index is 702. The van der Waals surface area contributed by atoms with Crippen molar-refractivity contribution in [3.63, 3.8) is 0 Å². The molecule has 1 unspecified atom stereocenters. The zero-order valence-electron chi connectivity index (χ0n) is 16.6. The van der Waals surface area contributed by atoms with Gasteiger partial charge in [-0.15, -0.1) is 0 Å². The minimum absolute atomic E-state index is 0.0530. The van der Waals surface area contributed by atoms with Gasteiger partial charge in [0.15, 0.2) is 5.96 Å². The Kier molecular flexibility index (Phi) is 8.36. The highest BCUT2D eigenvalue weighted by atomic mass is 32.2. The molecule has 1 aromatic rings. The van der Waals surface area contributed by atoms with Crippen molar-refractivity contribution in [2.24, 2.45) is 4.99 Å². The van der Waals surface area contributed by atoms with Crippen LogP contribution in [0.15, 0.2) is 29.3 Å². The highest BCUT2D eigenvalue weighted by Gasteiger charge is 2.22. The van der Waals surface area contributed by atoms with Crippen molar-refractivity contribution in [1.82, 2.24) is 15.4 Å². The zero-order chi connectivity index (χ0) is 19.8. The predicted molar refractivity (Wildman–Crippen MR) is 107 cm³/mol. The summed E-state index contributed by atoms with van der Waals surface area (Å²) in [5.41, 5.74) is 0.484. The van der Waals surface area contributed by atoms with Gasteiger partial charge in [0.2, 0.25) is 10.0 Å². The van der Waals surface area contributed by atoms with Crippen LogP contribution in [0, 0.1) is 6.92 Å². The predicted octanol–water partition coefficient (Wildman–Crippen LogP) is 1.65. The van der Waals surface area contributed by atoms with Gasteiger partial charge in [-0.25, -0.2) is 13.1 Å². The largest absolute Gasteiger partial charge is 0.489 e. The van der Waals surface area contributed by atoms with E-state index in [1.807, 2.05) is 45.0 Å². The fourth-order valence-electron chi connectivity index (χ4n) is 2.36. The lowest BCUT2D eigenvalue weighted by Gasteiger charge is -2.24. The van der Waals surface area contributed by atoms with Crippen LogP contribution in [0.3, 0.4) is 0 Å². The van der Waals surface area contributed by atoms with Crippen molar-refractivity contribution in [3.8, 4) is 5.75 Å². The number of nitrogens with one attached hydrogen (secondary N) is 3. The van der Waals surface area contributed by atoms with Crippen LogP contribution in [0.4, 0.5) is 0 Å². The van der Waals surface area contributed by atoms with Gasteiger partial charge in [0.05, 0.1) is 19.3 Å². The lowest BCUT2D eigenvalue weighted by Crippen LogP contribution is -2.47. The second-order valence-electron chi connectivity index (χ2n) is 7.08. The van der Waals surface area contributed by atoms with E-state index < -0.39 is 15.6 Å². The van der Waals surface area contributed by atoms with Gasteiger partial charge < -0.3 is 15.4 Å². The molecular formula is C18H32N4O3S. The molecule has 0 heterocycles. The summed E-state index contributed by atoms with van der Waals surface area (Å²) in [7, 11) is -3.29.